The summed E-state index contributed by atoms with van der Waals surface area (Å²) in [4.78, 5) is 42.2. The fraction of sp³-hybridized carbons (Fsp3) is 0.435. The number of carbonyl (C=O) groups is 3. The highest BCUT2D eigenvalue weighted by atomic mass is 16.5. The monoisotopic (exact) mass is 453 g/mol. The van der Waals surface area contributed by atoms with E-state index in [4.69, 9.17) is 9.15 Å². The van der Waals surface area contributed by atoms with Gasteiger partial charge in [-0.3, -0.25) is 19.8 Å². The number of hydrogen-bond donors (Lipinski definition) is 3. The molecule has 3 aliphatic rings. The molecule has 10 heteroatoms. The first-order valence-electron chi connectivity index (χ1n) is 11.1. The first-order valence-corrected chi connectivity index (χ1v) is 11.1. The predicted octanol–water partition coefficient (Wildman–Crippen LogP) is 0.904. The van der Waals surface area contributed by atoms with E-state index in [2.05, 4.69) is 27.8 Å². The predicted molar refractivity (Wildman–Crippen MR) is 117 cm³/mol. The lowest BCUT2D eigenvalue weighted by molar-refractivity contribution is -0.125. The van der Waals surface area contributed by atoms with Crippen LogP contribution in [0.2, 0.25) is 0 Å². The van der Waals surface area contributed by atoms with Crippen LogP contribution >= 0.6 is 0 Å². The van der Waals surface area contributed by atoms with Gasteiger partial charge in [-0.25, -0.2) is 4.79 Å². The van der Waals surface area contributed by atoms with Crippen molar-refractivity contribution in [2.45, 2.75) is 32.0 Å². The number of amides is 4. The van der Waals surface area contributed by atoms with Crippen molar-refractivity contribution >= 4 is 17.8 Å². The van der Waals surface area contributed by atoms with Crippen LogP contribution in [-0.2, 0) is 29.8 Å². The zero-order valence-electron chi connectivity index (χ0n) is 18.7. The van der Waals surface area contributed by atoms with Gasteiger partial charge in [0.15, 0.2) is 5.54 Å². The Kier molecular flexibility index (Phi) is 5.34. The Labute approximate surface area is 191 Å². The molecular weight excluding hydrogens is 426 g/mol. The second kappa shape index (κ2) is 8.20. The summed E-state index contributed by atoms with van der Waals surface area (Å²) in [6.45, 7) is 5.53. The number of rotatable bonds is 7. The molecule has 1 saturated heterocycles. The summed E-state index contributed by atoms with van der Waals surface area (Å²) in [6, 6.07) is 6.58. The van der Waals surface area contributed by atoms with Crippen molar-refractivity contribution in [1.29, 1.82) is 0 Å². The number of urea groups is 1. The molecular formula is C23H27N5O5. The highest BCUT2D eigenvalue weighted by Crippen LogP contribution is 2.35. The Bertz CT molecular complexity index is 1130. The van der Waals surface area contributed by atoms with Crippen LogP contribution in [0.15, 0.2) is 28.7 Å². The van der Waals surface area contributed by atoms with Gasteiger partial charge in [-0.1, -0.05) is 13.0 Å². The van der Waals surface area contributed by atoms with E-state index < -0.39 is 17.5 Å². The summed E-state index contributed by atoms with van der Waals surface area (Å²) in [5, 5.41) is 8.39. The molecule has 0 aliphatic carbocycles. The molecule has 0 spiro atoms. The molecule has 10 nitrogen and oxygen atoms in total. The van der Waals surface area contributed by atoms with Crippen LogP contribution in [-0.4, -0.2) is 61.1 Å². The summed E-state index contributed by atoms with van der Waals surface area (Å²) in [5.74, 6) is 1.01. The van der Waals surface area contributed by atoms with Crippen LogP contribution in [0.1, 0.15) is 39.9 Å². The second-order valence-electron chi connectivity index (χ2n) is 8.62. The topological polar surface area (TPSA) is 116 Å². The molecule has 1 aromatic heterocycles. The molecule has 4 amide bonds. The zero-order chi connectivity index (χ0) is 23.2. The van der Waals surface area contributed by atoms with Crippen LogP contribution < -0.4 is 20.7 Å². The van der Waals surface area contributed by atoms with E-state index in [9.17, 15) is 14.4 Å². The van der Waals surface area contributed by atoms with Gasteiger partial charge in [-0.05, 0) is 30.3 Å². The summed E-state index contributed by atoms with van der Waals surface area (Å²) < 4.78 is 11.4. The molecule has 3 aliphatic heterocycles. The van der Waals surface area contributed by atoms with Crippen LogP contribution in [0.5, 0.6) is 5.75 Å². The second-order valence-corrected chi connectivity index (χ2v) is 8.62. The van der Waals surface area contributed by atoms with Gasteiger partial charge in [0.25, 0.3) is 11.8 Å². The van der Waals surface area contributed by atoms with Crippen LogP contribution in [0.3, 0.4) is 0 Å². The van der Waals surface area contributed by atoms with Gasteiger partial charge in [0.1, 0.15) is 17.3 Å². The first-order chi connectivity index (χ1) is 15.9. The molecule has 1 aromatic carbocycles. The van der Waals surface area contributed by atoms with Crippen molar-refractivity contribution in [3.63, 3.8) is 0 Å². The summed E-state index contributed by atoms with van der Waals surface area (Å²) >= 11 is 0. The van der Waals surface area contributed by atoms with Gasteiger partial charge in [0.2, 0.25) is 0 Å². The number of hydrogen-bond acceptors (Lipinski definition) is 7. The van der Waals surface area contributed by atoms with Crippen molar-refractivity contribution in [3.8, 4) is 5.75 Å². The van der Waals surface area contributed by atoms with Gasteiger partial charge in [0.05, 0.1) is 13.7 Å². The number of nitrogens with one attached hydrogen (secondary N) is 3. The maximum atomic E-state index is 13.1. The fourth-order valence-electron chi connectivity index (χ4n) is 4.74. The molecule has 33 heavy (non-hydrogen) atoms. The number of carbonyl (C=O) groups excluding carboxylic acids is 3. The number of benzene rings is 1. The Morgan fingerprint density at radius 3 is 2.76 bits per heavy atom. The van der Waals surface area contributed by atoms with Crippen LogP contribution in [0.25, 0.3) is 0 Å². The molecule has 0 bridgehead atoms. The quantitative estimate of drug-likeness (QED) is 0.534. The molecule has 2 aromatic rings. The molecule has 0 saturated carbocycles. The summed E-state index contributed by atoms with van der Waals surface area (Å²) in [7, 11) is 1.55. The smallest absolute Gasteiger partial charge is 0.322 e. The average molecular weight is 453 g/mol. The van der Waals surface area contributed by atoms with Gasteiger partial charge < -0.3 is 24.7 Å². The van der Waals surface area contributed by atoms with Gasteiger partial charge in [-0.2, -0.15) is 0 Å². The van der Waals surface area contributed by atoms with Crippen molar-refractivity contribution in [2.75, 3.05) is 33.4 Å². The maximum Gasteiger partial charge on any atom is 0.322 e. The third kappa shape index (κ3) is 3.65. The Hall–Kier alpha value is -3.37. The van der Waals surface area contributed by atoms with E-state index in [1.807, 2.05) is 12.1 Å². The van der Waals surface area contributed by atoms with Crippen molar-refractivity contribution in [1.82, 2.24) is 25.8 Å². The average Bonchev–Trinajstić information content (AvgIpc) is 3.46. The molecule has 1 atom stereocenters. The van der Waals surface area contributed by atoms with E-state index >= 15 is 0 Å². The number of nitrogens with zero attached hydrogens (tertiary/aromatic N) is 2. The minimum absolute atomic E-state index is 0.0338. The fourth-order valence-corrected chi connectivity index (χ4v) is 4.74. The summed E-state index contributed by atoms with van der Waals surface area (Å²) in [6.07, 6.45) is 0.709. The van der Waals surface area contributed by atoms with E-state index in [0.717, 1.165) is 36.6 Å². The molecule has 5 rings (SSSR count). The van der Waals surface area contributed by atoms with Gasteiger partial charge in [-0.15, -0.1) is 0 Å². The highest BCUT2D eigenvalue weighted by molar-refractivity contribution is 6.08. The molecule has 4 heterocycles. The van der Waals surface area contributed by atoms with Crippen molar-refractivity contribution in [2.24, 2.45) is 0 Å². The lowest BCUT2D eigenvalue weighted by atomic mass is 9.94. The molecule has 3 N–H and O–H groups in total. The first kappa shape index (κ1) is 21.5. The van der Waals surface area contributed by atoms with E-state index in [1.54, 1.807) is 24.1 Å². The third-order valence-corrected chi connectivity index (χ3v) is 6.52. The molecule has 0 unspecified atom stereocenters. The summed E-state index contributed by atoms with van der Waals surface area (Å²) in [5.41, 5.74) is 0.886. The third-order valence-electron chi connectivity index (χ3n) is 6.52. The minimum atomic E-state index is -1.48. The number of furan rings is 1. The Morgan fingerprint density at radius 1 is 1.18 bits per heavy atom. The van der Waals surface area contributed by atoms with Crippen molar-refractivity contribution < 1.29 is 23.5 Å². The van der Waals surface area contributed by atoms with Gasteiger partial charge in [0, 0.05) is 43.9 Å². The molecule has 174 valence electrons. The van der Waals surface area contributed by atoms with Gasteiger partial charge >= 0.3 is 6.03 Å². The lowest BCUT2D eigenvalue weighted by Crippen LogP contribution is -2.52. The Balaban J connectivity index is 1.44. The van der Waals surface area contributed by atoms with E-state index in [-0.39, 0.29) is 12.5 Å². The van der Waals surface area contributed by atoms with E-state index in [0.29, 0.717) is 36.6 Å². The lowest BCUT2D eigenvalue weighted by Gasteiger charge is -2.29. The molecule has 0 radical (unpaired) electrons. The normalized spacial score (nSPS) is 22.2. The minimum Gasteiger partial charge on any atom is -0.497 e. The Morgan fingerprint density at radius 2 is 2.03 bits per heavy atom. The zero-order valence-corrected chi connectivity index (χ0v) is 18.7. The molecule has 1 fully saturated rings. The number of methoxy groups -OCH3 is 1. The van der Waals surface area contributed by atoms with Crippen LogP contribution in [0, 0.1) is 0 Å². The highest BCUT2D eigenvalue weighted by Gasteiger charge is 2.53. The number of ether oxygens (including phenoxy) is 1. The maximum absolute atomic E-state index is 13.1. The number of imide groups is 1. The standard InChI is InChI=1S/C23H27N5O5/c1-3-24-13-27-7-6-18-15(10-27)8-19(33-18)23(21(30)25-22(31)26-23)12-28-11-14-4-5-16(32-2)9-17(14)20(28)29/h4-5,8-9,24H,3,6-7,10-13H2,1-2H3,(H2,25,26,30,31)/t23-/m0/s1. The number of fused-ring (bicyclic) bond motifs is 2. The SMILES string of the molecule is CCNCN1CCc2oc([C@]3(CN4Cc5ccc(OC)cc5C4=O)NC(=O)NC3=O)cc2C1. The van der Waals surface area contributed by atoms with Crippen LogP contribution in [0.4, 0.5) is 4.79 Å². The van der Waals surface area contributed by atoms with Crippen molar-refractivity contribution in [3.05, 3.63) is 52.5 Å². The van der Waals surface area contributed by atoms with E-state index in [1.165, 1.54) is 0 Å². The largest absolute Gasteiger partial charge is 0.497 e.